The van der Waals surface area contributed by atoms with Gasteiger partial charge in [0.25, 0.3) is 5.91 Å². The normalized spacial score (nSPS) is 18.5. The lowest BCUT2D eigenvalue weighted by molar-refractivity contribution is -0.116. The quantitative estimate of drug-likeness (QED) is 0.844. The van der Waals surface area contributed by atoms with Gasteiger partial charge in [0, 0.05) is 28.9 Å². The van der Waals surface area contributed by atoms with Crippen LogP contribution in [0.25, 0.3) is 5.70 Å². The Morgan fingerprint density at radius 1 is 1.28 bits per heavy atom. The summed E-state index contributed by atoms with van der Waals surface area (Å²) in [6, 6.07) is 11.4. The molecule has 1 aromatic carbocycles. The molecule has 1 atom stereocenters. The van der Waals surface area contributed by atoms with Crippen molar-refractivity contribution in [1.29, 1.82) is 0 Å². The van der Waals surface area contributed by atoms with Gasteiger partial charge in [-0.2, -0.15) is 0 Å². The van der Waals surface area contributed by atoms with Gasteiger partial charge in [0.2, 0.25) is 0 Å². The highest BCUT2D eigenvalue weighted by Gasteiger charge is 2.34. The van der Waals surface area contributed by atoms with Gasteiger partial charge in [-0.3, -0.25) is 20.1 Å². The number of para-hydroxylation sites is 1. The largest absolute Gasteiger partial charge is 0.298 e. The molecule has 0 unspecified atom stereocenters. The number of carbonyl (C=O) groups is 1. The van der Waals surface area contributed by atoms with Crippen molar-refractivity contribution < 1.29 is 4.79 Å². The van der Waals surface area contributed by atoms with E-state index in [4.69, 9.17) is 4.99 Å². The summed E-state index contributed by atoms with van der Waals surface area (Å²) in [5, 5.41) is 11.2. The van der Waals surface area contributed by atoms with E-state index in [-0.39, 0.29) is 5.91 Å². The van der Waals surface area contributed by atoms with Crippen LogP contribution >= 0.6 is 11.8 Å². The molecule has 2 aromatic rings. The Kier molecular flexibility index (Phi) is 4.07. The van der Waals surface area contributed by atoms with E-state index >= 15 is 0 Å². The van der Waals surface area contributed by atoms with Crippen molar-refractivity contribution in [2.24, 2.45) is 10.1 Å². The van der Waals surface area contributed by atoms with Crippen LogP contribution in [0.4, 0.5) is 0 Å². The zero-order valence-corrected chi connectivity index (χ0v) is 14.1. The highest BCUT2D eigenvalue weighted by molar-refractivity contribution is 8.14. The van der Waals surface area contributed by atoms with Gasteiger partial charge in [-0.1, -0.05) is 42.1 Å². The van der Waals surface area contributed by atoms with Gasteiger partial charge in [0.05, 0.1) is 5.36 Å². The Bertz CT molecular complexity index is 986. The van der Waals surface area contributed by atoms with Crippen molar-refractivity contribution in [3.8, 4) is 0 Å². The summed E-state index contributed by atoms with van der Waals surface area (Å²) in [7, 11) is 0. The van der Waals surface area contributed by atoms with Crippen LogP contribution in [0.15, 0.2) is 71.5 Å². The molecule has 2 aliphatic rings. The fourth-order valence-electron chi connectivity index (χ4n) is 2.78. The van der Waals surface area contributed by atoms with Gasteiger partial charge < -0.3 is 0 Å². The van der Waals surface area contributed by atoms with Crippen LogP contribution in [0.2, 0.25) is 0 Å². The molecule has 25 heavy (non-hydrogen) atoms. The van der Waals surface area contributed by atoms with Crippen LogP contribution in [0, 0.1) is 0 Å². The van der Waals surface area contributed by atoms with E-state index in [0.29, 0.717) is 16.6 Å². The number of hydrogen-bond acceptors (Lipinski definition) is 6. The summed E-state index contributed by atoms with van der Waals surface area (Å²) in [5.74, 6) is 0.478. The minimum absolute atomic E-state index is 0.183. The Balaban J connectivity index is 1.91. The van der Waals surface area contributed by atoms with E-state index in [1.807, 2.05) is 36.4 Å². The molecule has 1 amide bonds. The van der Waals surface area contributed by atoms with E-state index in [2.05, 4.69) is 22.0 Å². The molecule has 1 aromatic heterocycles. The average Bonchev–Trinajstić information content (AvgIpc) is 2.66. The molecule has 124 valence electrons. The number of fused-ring (bicyclic) bond motifs is 2. The Hall–Kier alpha value is -2.93. The lowest BCUT2D eigenvalue weighted by atomic mass is 10.1. The maximum Gasteiger partial charge on any atom is 0.276 e. The van der Waals surface area contributed by atoms with Crippen molar-refractivity contribution >= 4 is 28.5 Å². The Labute approximate surface area is 148 Å². The molecule has 0 saturated heterocycles. The lowest BCUT2D eigenvalue weighted by Crippen LogP contribution is -2.50. The molecule has 3 heterocycles. The molecule has 0 bridgehead atoms. The summed E-state index contributed by atoms with van der Waals surface area (Å²) in [6.45, 7) is 3.70. The second-order valence-electron chi connectivity index (χ2n) is 5.46. The highest BCUT2D eigenvalue weighted by Crippen LogP contribution is 2.30. The minimum atomic E-state index is -0.427. The van der Waals surface area contributed by atoms with Crippen LogP contribution in [-0.4, -0.2) is 26.8 Å². The number of nitrogens with one attached hydrogen (secondary N) is 1. The molecular weight excluding hydrogens is 334 g/mol. The second kappa shape index (κ2) is 6.52. The van der Waals surface area contributed by atoms with Crippen LogP contribution in [0.1, 0.15) is 11.7 Å². The standard InChI is InChI=1S/C18H15N5OS/c1-2-10-25-18-21-17(24)15-13-7-3-4-8-14(13)20-16(23(15)22-18)12-6-5-9-19-11-12/h2-9,11,16H,1,10H2,(H,21,22,24)/t16-/m1/s1. The maximum atomic E-state index is 12.8. The number of benzene rings is 1. The minimum Gasteiger partial charge on any atom is -0.298 e. The van der Waals surface area contributed by atoms with Crippen molar-refractivity contribution in [3.05, 3.63) is 77.6 Å². The maximum absolute atomic E-state index is 12.8. The van der Waals surface area contributed by atoms with E-state index in [1.165, 1.54) is 11.8 Å². The number of aromatic nitrogens is 1. The van der Waals surface area contributed by atoms with E-state index in [9.17, 15) is 4.79 Å². The molecule has 1 N–H and O–H groups in total. The Morgan fingerprint density at radius 2 is 2.16 bits per heavy atom. The summed E-state index contributed by atoms with van der Waals surface area (Å²) in [4.78, 5) is 21.8. The van der Waals surface area contributed by atoms with E-state index in [1.54, 1.807) is 23.5 Å². The van der Waals surface area contributed by atoms with Gasteiger partial charge >= 0.3 is 0 Å². The number of amidine groups is 1. The summed E-state index contributed by atoms with van der Waals surface area (Å²) in [6.07, 6.45) is 4.80. The number of nitrogens with zero attached hydrogens (tertiary/aromatic N) is 4. The number of hydrazone groups is 1. The van der Waals surface area contributed by atoms with Crippen molar-refractivity contribution in [2.75, 3.05) is 5.75 Å². The number of rotatable bonds is 3. The molecular formula is C18H15N5OS. The average molecular weight is 349 g/mol. The number of thioether (sulfide) groups is 1. The smallest absolute Gasteiger partial charge is 0.276 e. The predicted octanol–water partition coefficient (Wildman–Crippen LogP) is 1.14. The SMILES string of the molecule is C=CCSC1=NN2C(=c3ccccc3=N[C@H]2c2cccnc2)C(=O)N1. The van der Waals surface area contributed by atoms with E-state index < -0.39 is 6.17 Å². The van der Waals surface area contributed by atoms with Crippen LogP contribution in [-0.2, 0) is 4.79 Å². The molecule has 0 fully saturated rings. The van der Waals surface area contributed by atoms with Crippen molar-refractivity contribution in [1.82, 2.24) is 15.3 Å². The molecule has 4 rings (SSSR count). The molecule has 2 aliphatic heterocycles. The van der Waals surface area contributed by atoms with Gasteiger partial charge in [-0.25, -0.2) is 5.01 Å². The van der Waals surface area contributed by atoms with Gasteiger partial charge in [-0.15, -0.1) is 11.7 Å². The first-order valence-electron chi connectivity index (χ1n) is 7.78. The van der Waals surface area contributed by atoms with Gasteiger partial charge in [0.1, 0.15) is 5.70 Å². The van der Waals surface area contributed by atoms with Gasteiger partial charge in [0.15, 0.2) is 11.3 Å². The number of carbonyl (C=O) groups excluding carboxylic acids is 1. The summed E-state index contributed by atoms with van der Waals surface area (Å²) < 4.78 is 0. The lowest BCUT2D eigenvalue weighted by Gasteiger charge is -2.33. The molecule has 7 heteroatoms. The van der Waals surface area contributed by atoms with Crippen LogP contribution in [0.3, 0.4) is 0 Å². The summed E-state index contributed by atoms with van der Waals surface area (Å²) >= 11 is 1.42. The van der Waals surface area contributed by atoms with Crippen LogP contribution < -0.4 is 15.9 Å². The monoisotopic (exact) mass is 349 g/mol. The third-order valence-electron chi connectivity index (χ3n) is 3.84. The molecule has 0 aliphatic carbocycles. The van der Waals surface area contributed by atoms with Gasteiger partial charge in [-0.05, 0) is 12.1 Å². The first-order valence-corrected chi connectivity index (χ1v) is 8.76. The number of amides is 1. The zero-order chi connectivity index (χ0) is 17.2. The molecule has 0 saturated carbocycles. The third-order valence-corrected chi connectivity index (χ3v) is 4.70. The molecule has 6 nitrogen and oxygen atoms in total. The zero-order valence-electron chi connectivity index (χ0n) is 13.3. The fraction of sp³-hybridized carbons (Fsp3) is 0.111. The molecule has 0 spiro atoms. The predicted molar refractivity (Wildman–Crippen MR) is 97.7 cm³/mol. The first-order chi connectivity index (χ1) is 12.3. The third kappa shape index (κ3) is 2.83. The molecule has 0 radical (unpaired) electrons. The van der Waals surface area contributed by atoms with Crippen molar-refractivity contribution in [2.45, 2.75) is 6.17 Å². The van der Waals surface area contributed by atoms with E-state index in [0.717, 1.165) is 16.1 Å². The topological polar surface area (TPSA) is 70.0 Å². The van der Waals surface area contributed by atoms with Crippen LogP contribution in [0.5, 0.6) is 0 Å². The summed E-state index contributed by atoms with van der Waals surface area (Å²) in [5.41, 5.74) is 1.38. The first kappa shape index (κ1) is 15.6. The number of pyridine rings is 1. The highest BCUT2D eigenvalue weighted by atomic mass is 32.2. The second-order valence-corrected chi connectivity index (χ2v) is 6.47. The number of hydrogen-bond donors (Lipinski definition) is 1. The fourth-order valence-corrected chi connectivity index (χ4v) is 3.36. The Morgan fingerprint density at radius 3 is 2.96 bits per heavy atom. The van der Waals surface area contributed by atoms with Crippen molar-refractivity contribution in [3.63, 3.8) is 0 Å².